The summed E-state index contributed by atoms with van der Waals surface area (Å²) < 4.78 is 62.2. The Labute approximate surface area is 504 Å². The first-order valence-electron chi connectivity index (χ1n) is 27.9. The van der Waals surface area contributed by atoms with E-state index in [9.17, 15) is 101 Å². The molecule has 87 heavy (non-hydrogen) atoms. The van der Waals surface area contributed by atoms with Crippen LogP contribution in [0.15, 0.2) is 0 Å². The fourth-order valence-corrected chi connectivity index (χ4v) is 14.6. The second-order valence-corrected chi connectivity index (χ2v) is 29.1. The number of carboxylic acid groups (broad SMARTS) is 5. The quantitative estimate of drug-likeness (QED) is 0.111. The van der Waals surface area contributed by atoms with Gasteiger partial charge in [-0.05, 0) is 166 Å². The third-order valence-electron chi connectivity index (χ3n) is 24.6. The highest BCUT2D eigenvalue weighted by Crippen LogP contribution is 2.69. The van der Waals surface area contributed by atoms with Crippen molar-refractivity contribution in [3.05, 3.63) is 0 Å². The molecular formula is C57H96O30. The second kappa shape index (κ2) is 18.7. The highest BCUT2D eigenvalue weighted by Gasteiger charge is 2.90. The standard InChI is InChI=1S/C57H96O30/c1-33(2)39(9,68)57(32(66)67,87-56(26)47(17,76)44(14,73)51(21,38(8,82-56)31(64)65)85-54(24)45(15,74)42(12,71)48(18,78-27)35(5,80-54)28(58)59)52(22,77)86-53(33,23)83-50(20)37(7,30(62)63)81-55(25,46(16,75)43(50,13)72)84-49(19)36(6,29(60)61)79-34(3,4)40(10,69)41(49,11)70/h68-77H,1-27H3,(H,58,59)(H,60,61)(H,62,63)(H,64,65)(H,66,67)/t35?,36?,37-,38-,39+,40?,41-,42-,43?,44?,45?,46?,47?,48+,49+,50+,51+,52?,53+,54-,55-,56-,57-/m0/s1. The topological polar surface area (TPSA) is 481 Å². The van der Waals surface area contributed by atoms with Crippen molar-refractivity contribution in [1.82, 2.24) is 0 Å². The molecule has 0 radical (unpaired) electrons. The Morgan fingerprint density at radius 3 is 0.793 bits per heavy atom. The highest BCUT2D eigenvalue weighted by molar-refractivity contribution is 5.83. The molecule has 0 aromatic heterocycles. The molecule has 0 aliphatic carbocycles. The molecule has 0 amide bonds. The third kappa shape index (κ3) is 7.71. The van der Waals surface area contributed by atoms with Gasteiger partial charge < -0.3 is 124 Å². The summed E-state index contributed by atoms with van der Waals surface area (Å²) in [6, 6.07) is 0. The molecule has 0 aromatic rings. The van der Waals surface area contributed by atoms with Crippen LogP contribution in [0.4, 0.5) is 0 Å². The molecule has 5 aliphatic rings. The maximum atomic E-state index is 14.5. The van der Waals surface area contributed by atoms with Crippen molar-refractivity contribution in [2.24, 2.45) is 5.41 Å². The zero-order chi connectivity index (χ0) is 69.5. The van der Waals surface area contributed by atoms with Crippen LogP contribution < -0.4 is 0 Å². The van der Waals surface area contributed by atoms with Crippen LogP contribution >= 0.6 is 0 Å². The summed E-state index contributed by atoms with van der Waals surface area (Å²) in [5.41, 5.74) is -59.2. The molecule has 5 rings (SSSR count). The predicted molar refractivity (Wildman–Crippen MR) is 293 cm³/mol. The van der Waals surface area contributed by atoms with E-state index in [0.29, 0.717) is 13.8 Å². The maximum Gasteiger partial charge on any atom is 0.344 e. The minimum atomic E-state index is -3.91. The summed E-state index contributed by atoms with van der Waals surface area (Å²) in [7, 11) is 1.00. The van der Waals surface area contributed by atoms with Crippen LogP contribution in [0.25, 0.3) is 0 Å². The number of carbonyl (C=O) groups is 5. The van der Waals surface area contributed by atoms with Gasteiger partial charge in [-0.15, -0.1) is 0 Å². The predicted octanol–water partition coefficient (Wildman–Crippen LogP) is 0.219. The Kier molecular flexibility index (Phi) is 15.9. The second-order valence-electron chi connectivity index (χ2n) is 29.1. The molecule has 5 heterocycles. The summed E-state index contributed by atoms with van der Waals surface area (Å²) in [4.78, 5) is 69.1. The Hall–Kier alpha value is -3.45. The van der Waals surface area contributed by atoms with E-state index in [1.54, 1.807) is 0 Å². The Morgan fingerprint density at radius 2 is 0.517 bits per heavy atom. The summed E-state index contributed by atoms with van der Waals surface area (Å²) in [5.74, 6) is -26.4. The van der Waals surface area contributed by atoms with Gasteiger partial charge in [-0.2, -0.15) is 0 Å². The first-order chi connectivity index (χ1) is 37.6. The molecule has 0 aromatic carbocycles. The summed E-state index contributed by atoms with van der Waals surface area (Å²) in [6.07, 6.45) is 0. The molecule has 5 saturated heterocycles. The Bertz CT molecular complexity index is 2890. The van der Waals surface area contributed by atoms with Crippen molar-refractivity contribution in [3.63, 3.8) is 0 Å². The van der Waals surface area contributed by atoms with E-state index < -0.39 is 171 Å². The van der Waals surface area contributed by atoms with Gasteiger partial charge in [-0.25, -0.2) is 24.0 Å². The molecule has 5 aliphatic heterocycles. The van der Waals surface area contributed by atoms with E-state index >= 15 is 0 Å². The molecule has 30 nitrogen and oxygen atoms in total. The first-order valence-corrected chi connectivity index (χ1v) is 27.9. The van der Waals surface area contributed by atoms with Crippen molar-refractivity contribution in [1.29, 1.82) is 0 Å². The Balaban J connectivity index is 1.73. The minimum Gasteiger partial charge on any atom is -0.479 e. The van der Waals surface area contributed by atoms with Crippen molar-refractivity contribution >= 4 is 29.8 Å². The lowest BCUT2D eigenvalue weighted by Gasteiger charge is -2.73. The van der Waals surface area contributed by atoms with Gasteiger partial charge in [0.1, 0.15) is 72.8 Å². The molecule has 15 N–H and O–H groups in total. The summed E-state index contributed by atoms with van der Waals surface area (Å²) >= 11 is 0. The van der Waals surface area contributed by atoms with Crippen molar-refractivity contribution in [2.75, 3.05) is 7.11 Å². The Morgan fingerprint density at radius 1 is 0.276 bits per heavy atom. The van der Waals surface area contributed by atoms with Crippen molar-refractivity contribution < 1.29 is 148 Å². The normalized spacial score (nSPS) is 57.6. The first kappa shape index (κ1) is 74.3. The lowest BCUT2D eigenvalue weighted by atomic mass is 9.55. The van der Waals surface area contributed by atoms with Gasteiger partial charge >= 0.3 is 29.8 Å². The number of carboxylic acids is 5. The van der Waals surface area contributed by atoms with Gasteiger partial charge in [-0.3, -0.25) is 0 Å². The zero-order valence-corrected chi connectivity index (χ0v) is 54.8. The van der Waals surface area contributed by atoms with Gasteiger partial charge in [0.05, 0.1) is 11.0 Å². The molecule has 9 unspecified atom stereocenters. The largest absolute Gasteiger partial charge is 0.479 e. The monoisotopic (exact) mass is 1260 g/mol. The molecule has 0 spiro atoms. The van der Waals surface area contributed by atoms with E-state index in [4.69, 9.17) is 47.4 Å². The van der Waals surface area contributed by atoms with Crippen LogP contribution in [0.1, 0.15) is 180 Å². The highest BCUT2D eigenvalue weighted by atomic mass is 16.8. The fraction of sp³-hybridized carbons (Fsp3) is 0.912. The van der Waals surface area contributed by atoms with Crippen LogP contribution in [-0.2, 0) is 71.3 Å². The van der Waals surface area contributed by atoms with Gasteiger partial charge in [-0.1, -0.05) is 13.8 Å². The van der Waals surface area contributed by atoms with E-state index in [2.05, 4.69) is 0 Å². The smallest absolute Gasteiger partial charge is 0.344 e. The molecule has 30 heteroatoms. The molecular weight excluding hydrogens is 1160 g/mol. The fourth-order valence-electron chi connectivity index (χ4n) is 14.6. The van der Waals surface area contributed by atoms with Gasteiger partial charge in [0.2, 0.25) is 11.4 Å². The molecule has 0 saturated carbocycles. The van der Waals surface area contributed by atoms with Crippen molar-refractivity contribution in [2.45, 2.75) is 315 Å². The number of rotatable bonds is 14. The number of hydrogen-bond donors (Lipinski definition) is 15. The van der Waals surface area contributed by atoms with Gasteiger partial charge in [0.15, 0.2) is 45.6 Å². The lowest BCUT2D eigenvalue weighted by molar-refractivity contribution is -0.554. The van der Waals surface area contributed by atoms with Crippen LogP contribution in [0.5, 0.6) is 0 Å². The number of hydrogen-bond acceptors (Lipinski definition) is 25. The van der Waals surface area contributed by atoms with Gasteiger partial charge in [0.25, 0.3) is 0 Å². The van der Waals surface area contributed by atoms with E-state index in [0.717, 1.165) is 159 Å². The van der Waals surface area contributed by atoms with Crippen LogP contribution in [0, 0.1) is 5.41 Å². The SMILES string of the molecule is CO[C@]1(C)C(C)(C(=O)O)O[C@@](C)(O[C@@]2(C)C(C)(O)C(C)(O)[C@](C)(O[C@]3(C(=O)O)C(C)(O)O[C@@](C)(O[C@@]4(C)C(C)(O)C(C)(O)[C@](C)(O[C@]5(C)C(C)(C(=O)O)OC(C)(C)C(C)(O)[C@]5(C)O)O[C@@]4(C)C(=O)O)C(C)(C)[C@@]3(C)O)O[C@@]2(C)C(=O)O)C(C)(O)[C@]1(C)O. The average Bonchev–Trinajstić information content (AvgIpc) is 0.670. The third-order valence-corrected chi connectivity index (χ3v) is 24.6. The molecule has 23 atom stereocenters. The minimum absolute atomic E-state index is 0.571. The summed E-state index contributed by atoms with van der Waals surface area (Å²) in [5, 5.41) is 183. The van der Waals surface area contributed by atoms with Crippen LogP contribution in [0.3, 0.4) is 0 Å². The van der Waals surface area contributed by atoms with Gasteiger partial charge in [0, 0.05) is 7.11 Å². The summed E-state index contributed by atoms with van der Waals surface area (Å²) in [6.45, 7) is 23.5. The number of aliphatic hydroxyl groups is 10. The number of aliphatic carboxylic acids is 5. The van der Waals surface area contributed by atoms with Crippen LogP contribution in [-0.4, -0.2) is 249 Å². The molecule has 504 valence electrons. The van der Waals surface area contributed by atoms with Crippen LogP contribution in [0.2, 0.25) is 0 Å². The lowest BCUT2D eigenvalue weighted by Crippen LogP contribution is -2.93. The molecule has 5 fully saturated rings. The average molecular weight is 1260 g/mol. The number of ether oxygens (including phenoxy) is 10. The zero-order valence-electron chi connectivity index (χ0n) is 54.8. The number of methoxy groups -OCH3 is 1. The maximum absolute atomic E-state index is 14.5. The van der Waals surface area contributed by atoms with Crippen molar-refractivity contribution in [3.8, 4) is 0 Å². The molecule has 0 bridgehead atoms. The van der Waals surface area contributed by atoms with E-state index in [-0.39, 0.29) is 0 Å². The van der Waals surface area contributed by atoms with E-state index in [1.165, 1.54) is 13.8 Å². The van der Waals surface area contributed by atoms with E-state index in [1.807, 2.05) is 0 Å².